The maximum absolute atomic E-state index is 13.2. The zero-order valence-electron chi connectivity index (χ0n) is 16.8. The first kappa shape index (κ1) is 20.8. The number of carbonyl (C=O) groups excluding carboxylic acids is 2. The summed E-state index contributed by atoms with van der Waals surface area (Å²) in [5.41, 5.74) is 2.83. The van der Waals surface area contributed by atoms with Gasteiger partial charge in [-0.25, -0.2) is 4.98 Å². The Bertz CT molecular complexity index is 1160. The van der Waals surface area contributed by atoms with E-state index in [9.17, 15) is 9.59 Å². The molecule has 1 saturated carbocycles. The highest BCUT2D eigenvalue weighted by atomic mass is 35.5. The lowest BCUT2D eigenvalue weighted by molar-refractivity contribution is -0.127. The van der Waals surface area contributed by atoms with Crippen molar-refractivity contribution >= 4 is 29.0 Å². The molecule has 1 fully saturated rings. The number of aromatic nitrogens is 1. The second-order valence-electron chi connectivity index (χ2n) is 7.75. The van der Waals surface area contributed by atoms with Crippen LogP contribution >= 0.6 is 11.6 Å². The molecule has 6 heteroatoms. The molecule has 5 nitrogen and oxygen atoms in total. The van der Waals surface area contributed by atoms with Crippen LogP contribution in [0.15, 0.2) is 66.9 Å². The van der Waals surface area contributed by atoms with Crippen molar-refractivity contribution < 1.29 is 9.59 Å². The average molecular weight is 430 g/mol. The SMILES string of the molecule is N#Cc1cccc(C(=O)Nc2ccc(C3(C(=O)Cc4ccc(Cl)nc4)CCC3)cc2)c1. The summed E-state index contributed by atoms with van der Waals surface area (Å²) in [6, 6.07) is 19.6. The van der Waals surface area contributed by atoms with Gasteiger partial charge in [0, 0.05) is 23.9 Å². The van der Waals surface area contributed by atoms with Crippen LogP contribution in [-0.4, -0.2) is 16.7 Å². The van der Waals surface area contributed by atoms with Crippen LogP contribution in [0.3, 0.4) is 0 Å². The van der Waals surface area contributed by atoms with Gasteiger partial charge in [-0.2, -0.15) is 5.26 Å². The zero-order chi connectivity index (χ0) is 21.8. The number of hydrogen-bond acceptors (Lipinski definition) is 4. The van der Waals surface area contributed by atoms with E-state index in [4.69, 9.17) is 16.9 Å². The predicted molar refractivity (Wildman–Crippen MR) is 119 cm³/mol. The molecule has 1 heterocycles. The van der Waals surface area contributed by atoms with Crippen LogP contribution in [0.5, 0.6) is 0 Å². The van der Waals surface area contributed by atoms with E-state index in [-0.39, 0.29) is 11.7 Å². The average Bonchev–Trinajstić information content (AvgIpc) is 2.76. The summed E-state index contributed by atoms with van der Waals surface area (Å²) in [7, 11) is 0. The number of Topliss-reactive ketones (excluding diaryl/α,β-unsaturated/α-hetero) is 1. The summed E-state index contributed by atoms with van der Waals surface area (Å²) in [5.74, 6) is -0.109. The molecule has 0 saturated heterocycles. The van der Waals surface area contributed by atoms with Crippen molar-refractivity contribution in [3.05, 3.63) is 94.3 Å². The van der Waals surface area contributed by atoms with Crippen LogP contribution in [0.2, 0.25) is 5.15 Å². The molecule has 0 bridgehead atoms. The standard InChI is InChI=1S/C25H20ClN3O2/c26-23-10-5-18(16-28-23)14-22(30)25(11-2-12-25)20-6-8-21(9-7-20)29-24(31)19-4-1-3-17(13-19)15-27/h1,3-10,13,16H,2,11-12,14H2,(H,29,31). The van der Waals surface area contributed by atoms with E-state index in [0.29, 0.717) is 28.4 Å². The second-order valence-corrected chi connectivity index (χ2v) is 8.14. The van der Waals surface area contributed by atoms with E-state index in [1.54, 1.807) is 36.5 Å². The molecule has 1 amide bonds. The van der Waals surface area contributed by atoms with Crippen LogP contribution in [-0.2, 0) is 16.6 Å². The van der Waals surface area contributed by atoms with Gasteiger partial charge in [0.15, 0.2) is 0 Å². The lowest BCUT2D eigenvalue weighted by atomic mass is 9.61. The first-order chi connectivity index (χ1) is 15.0. The monoisotopic (exact) mass is 429 g/mol. The summed E-state index contributed by atoms with van der Waals surface area (Å²) >= 11 is 5.84. The van der Waals surface area contributed by atoms with Crippen molar-refractivity contribution in [2.75, 3.05) is 5.32 Å². The van der Waals surface area contributed by atoms with E-state index in [1.807, 2.05) is 36.4 Å². The molecule has 1 N–H and O–H groups in total. The molecule has 1 aromatic heterocycles. The Kier molecular flexibility index (Phi) is 5.83. The molecule has 3 aromatic rings. The highest BCUT2D eigenvalue weighted by molar-refractivity contribution is 6.29. The number of hydrogen-bond donors (Lipinski definition) is 1. The Hall–Kier alpha value is -3.49. The lowest BCUT2D eigenvalue weighted by Crippen LogP contribution is -2.43. The third kappa shape index (κ3) is 4.35. The number of benzene rings is 2. The largest absolute Gasteiger partial charge is 0.322 e. The molecular formula is C25H20ClN3O2. The maximum Gasteiger partial charge on any atom is 0.255 e. The van der Waals surface area contributed by atoms with Crippen molar-refractivity contribution in [2.24, 2.45) is 0 Å². The Balaban J connectivity index is 1.48. The van der Waals surface area contributed by atoms with Crippen molar-refractivity contribution in [1.29, 1.82) is 5.26 Å². The molecule has 0 atom stereocenters. The van der Waals surface area contributed by atoms with Crippen molar-refractivity contribution in [3.8, 4) is 6.07 Å². The number of pyridine rings is 1. The number of nitrogens with zero attached hydrogens (tertiary/aromatic N) is 2. The second kappa shape index (κ2) is 8.71. The van der Waals surface area contributed by atoms with Gasteiger partial charge in [0.2, 0.25) is 0 Å². The lowest BCUT2D eigenvalue weighted by Gasteiger charge is -2.41. The number of nitriles is 1. The van der Waals surface area contributed by atoms with Gasteiger partial charge in [0.1, 0.15) is 10.9 Å². The van der Waals surface area contributed by atoms with E-state index < -0.39 is 5.41 Å². The van der Waals surface area contributed by atoms with Crippen molar-refractivity contribution in [1.82, 2.24) is 4.98 Å². The minimum absolute atomic E-state index is 0.174. The summed E-state index contributed by atoms with van der Waals surface area (Å²) in [5, 5.41) is 12.3. The minimum atomic E-state index is -0.483. The predicted octanol–water partition coefficient (Wildman–Crippen LogP) is 5.09. The number of carbonyl (C=O) groups is 2. The molecule has 0 radical (unpaired) electrons. The maximum atomic E-state index is 13.2. The van der Waals surface area contributed by atoms with Crippen LogP contribution < -0.4 is 5.32 Å². The van der Waals surface area contributed by atoms with Gasteiger partial charge in [-0.05, 0) is 60.4 Å². The highest BCUT2D eigenvalue weighted by Gasteiger charge is 2.44. The van der Waals surface area contributed by atoms with Gasteiger partial charge in [0.05, 0.1) is 17.0 Å². The quantitative estimate of drug-likeness (QED) is 0.553. The zero-order valence-corrected chi connectivity index (χ0v) is 17.5. The molecule has 154 valence electrons. The first-order valence-corrected chi connectivity index (χ1v) is 10.4. The third-order valence-electron chi connectivity index (χ3n) is 5.84. The normalized spacial score (nSPS) is 14.2. The number of anilines is 1. The number of rotatable bonds is 6. The number of nitrogens with one attached hydrogen (secondary N) is 1. The fraction of sp³-hybridized carbons (Fsp3) is 0.200. The fourth-order valence-electron chi connectivity index (χ4n) is 3.93. The fourth-order valence-corrected chi connectivity index (χ4v) is 4.04. The number of halogens is 1. The first-order valence-electron chi connectivity index (χ1n) is 10.1. The van der Waals surface area contributed by atoms with Crippen LogP contribution in [0, 0.1) is 11.3 Å². The topological polar surface area (TPSA) is 82.9 Å². The van der Waals surface area contributed by atoms with E-state index in [2.05, 4.69) is 10.3 Å². The third-order valence-corrected chi connectivity index (χ3v) is 6.07. The van der Waals surface area contributed by atoms with Crippen molar-refractivity contribution in [2.45, 2.75) is 31.1 Å². The Morgan fingerprint density at radius 1 is 1.10 bits per heavy atom. The van der Waals surface area contributed by atoms with Crippen LogP contribution in [0.1, 0.15) is 46.3 Å². The molecule has 0 aliphatic heterocycles. The highest BCUT2D eigenvalue weighted by Crippen LogP contribution is 2.45. The Labute approximate surface area is 185 Å². The number of ketones is 1. The molecule has 4 rings (SSSR count). The smallest absolute Gasteiger partial charge is 0.255 e. The van der Waals surface area contributed by atoms with Gasteiger partial charge in [-0.3, -0.25) is 9.59 Å². The molecule has 2 aromatic carbocycles. The van der Waals surface area contributed by atoms with Crippen molar-refractivity contribution in [3.63, 3.8) is 0 Å². The molecular weight excluding hydrogens is 410 g/mol. The van der Waals surface area contributed by atoms with Gasteiger partial charge in [-0.1, -0.05) is 42.3 Å². The molecule has 0 unspecified atom stereocenters. The van der Waals surface area contributed by atoms with Crippen LogP contribution in [0.25, 0.3) is 0 Å². The molecule has 31 heavy (non-hydrogen) atoms. The Morgan fingerprint density at radius 2 is 1.87 bits per heavy atom. The minimum Gasteiger partial charge on any atom is -0.322 e. The van der Waals surface area contributed by atoms with E-state index in [0.717, 1.165) is 30.4 Å². The van der Waals surface area contributed by atoms with Crippen LogP contribution in [0.4, 0.5) is 5.69 Å². The summed E-state index contributed by atoms with van der Waals surface area (Å²) < 4.78 is 0. The summed E-state index contributed by atoms with van der Waals surface area (Å²) in [6.45, 7) is 0. The number of amides is 1. The van der Waals surface area contributed by atoms with E-state index in [1.165, 1.54) is 0 Å². The Morgan fingerprint density at radius 3 is 2.48 bits per heavy atom. The van der Waals surface area contributed by atoms with E-state index >= 15 is 0 Å². The molecule has 1 aliphatic carbocycles. The summed E-state index contributed by atoms with van der Waals surface area (Å²) in [4.78, 5) is 29.7. The van der Waals surface area contributed by atoms with Gasteiger partial charge in [-0.15, -0.1) is 0 Å². The van der Waals surface area contributed by atoms with Gasteiger partial charge >= 0.3 is 0 Å². The van der Waals surface area contributed by atoms with Gasteiger partial charge in [0.25, 0.3) is 5.91 Å². The molecule has 0 spiro atoms. The molecule has 1 aliphatic rings. The van der Waals surface area contributed by atoms with Gasteiger partial charge < -0.3 is 5.32 Å². The summed E-state index contributed by atoms with van der Waals surface area (Å²) in [6.07, 6.45) is 4.61.